The Bertz CT molecular complexity index is 789. The molecule has 0 spiro atoms. The van der Waals surface area contributed by atoms with Crippen LogP contribution in [0.2, 0.25) is 0 Å². The molecule has 0 unspecified atom stereocenters. The van der Waals surface area contributed by atoms with E-state index < -0.39 is 0 Å². The zero-order valence-corrected chi connectivity index (χ0v) is 17.9. The number of hydrogen-bond donors (Lipinski definition) is 0. The first-order valence-electron chi connectivity index (χ1n) is 11.0. The summed E-state index contributed by atoms with van der Waals surface area (Å²) in [6, 6.07) is 13.8. The van der Waals surface area contributed by atoms with Gasteiger partial charge in [0.2, 0.25) is 0 Å². The highest BCUT2D eigenvalue weighted by molar-refractivity contribution is 5.99. The molecule has 2 nitrogen and oxygen atoms in total. The van der Waals surface area contributed by atoms with E-state index in [1.807, 2.05) is 19.0 Å². The first-order chi connectivity index (χ1) is 13.6. The quantitative estimate of drug-likeness (QED) is 0.662. The van der Waals surface area contributed by atoms with Crippen LogP contribution >= 0.6 is 0 Å². The fourth-order valence-electron chi connectivity index (χ4n) is 4.30. The maximum absolute atomic E-state index is 12.9. The van der Waals surface area contributed by atoms with Gasteiger partial charge in [0.25, 0.3) is 0 Å². The molecule has 0 aromatic heterocycles. The van der Waals surface area contributed by atoms with Gasteiger partial charge < -0.3 is 4.90 Å². The van der Waals surface area contributed by atoms with Gasteiger partial charge in [-0.15, -0.1) is 0 Å². The molecule has 4 aliphatic rings. The van der Waals surface area contributed by atoms with Gasteiger partial charge in [-0.25, -0.2) is 0 Å². The molecule has 0 aliphatic heterocycles. The van der Waals surface area contributed by atoms with Crippen LogP contribution in [0.15, 0.2) is 36.4 Å². The van der Waals surface area contributed by atoms with Gasteiger partial charge in [0, 0.05) is 5.56 Å². The lowest BCUT2D eigenvalue weighted by atomic mass is 9.89. The predicted molar refractivity (Wildman–Crippen MR) is 118 cm³/mol. The average Bonchev–Trinajstić information content (AvgIpc) is 2.68. The molecule has 0 amide bonds. The molecule has 0 atom stereocenters. The maximum atomic E-state index is 12.9. The molecule has 0 saturated carbocycles. The summed E-state index contributed by atoms with van der Waals surface area (Å²) in [5.41, 5.74) is 7.93. The predicted octanol–water partition coefficient (Wildman–Crippen LogP) is 5.44. The third-order valence-corrected chi connectivity index (χ3v) is 5.91. The molecule has 0 saturated heterocycles. The number of carbonyl (C=O) groups excluding carboxylic acids is 1. The van der Waals surface area contributed by atoms with Gasteiger partial charge in [-0.1, -0.05) is 37.3 Å². The molecule has 2 aromatic carbocycles. The largest absolute Gasteiger partial charge is 0.302 e. The fourth-order valence-corrected chi connectivity index (χ4v) is 4.30. The standard InChI is InChI=1S/C26H35NO/c1-4-22-17-24-12-8-6-10-21-15-13-20(14-16-21)9-5-7-11-23(22)18-25(24)26(28)19-27(2)3/h13-18H,4-12,19H2,1-3H3. The van der Waals surface area contributed by atoms with E-state index in [1.54, 1.807) is 0 Å². The summed E-state index contributed by atoms with van der Waals surface area (Å²) in [6.45, 7) is 2.73. The molecule has 28 heavy (non-hydrogen) atoms. The Balaban J connectivity index is 1.89. The molecule has 0 fully saturated rings. The molecule has 0 heterocycles. The molecule has 0 N–H and O–H groups in total. The summed E-state index contributed by atoms with van der Waals surface area (Å²) in [5.74, 6) is 0.264. The smallest absolute Gasteiger partial charge is 0.177 e. The van der Waals surface area contributed by atoms with Crippen LogP contribution in [0.4, 0.5) is 0 Å². The molecule has 4 bridgehead atoms. The Kier molecular flexibility index (Phi) is 7.44. The van der Waals surface area contributed by atoms with Crippen LogP contribution < -0.4 is 0 Å². The number of nitrogens with zero attached hydrogens (tertiary/aromatic N) is 1. The van der Waals surface area contributed by atoms with Crippen molar-refractivity contribution in [3.05, 3.63) is 69.8 Å². The van der Waals surface area contributed by atoms with Crippen LogP contribution in [0, 0.1) is 0 Å². The van der Waals surface area contributed by atoms with E-state index in [2.05, 4.69) is 43.3 Å². The first-order valence-corrected chi connectivity index (χ1v) is 11.0. The van der Waals surface area contributed by atoms with E-state index in [4.69, 9.17) is 0 Å². The third-order valence-electron chi connectivity index (χ3n) is 5.91. The second-order valence-electron chi connectivity index (χ2n) is 8.52. The van der Waals surface area contributed by atoms with E-state index in [0.29, 0.717) is 6.54 Å². The van der Waals surface area contributed by atoms with Crippen molar-refractivity contribution < 1.29 is 4.79 Å². The molecule has 6 rings (SSSR count). The van der Waals surface area contributed by atoms with Crippen molar-refractivity contribution in [3.8, 4) is 0 Å². The van der Waals surface area contributed by atoms with E-state index in [1.165, 1.54) is 47.1 Å². The summed E-state index contributed by atoms with van der Waals surface area (Å²) >= 11 is 0. The normalized spacial score (nSPS) is 15.3. The van der Waals surface area contributed by atoms with E-state index >= 15 is 0 Å². The first kappa shape index (κ1) is 20.8. The van der Waals surface area contributed by atoms with Gasteiger partial charge in [0.1, 0.15) is 0 Å². The number of likely N-dealkylation sites (N-methyl/N-ethyl adjacent to an activating group) is 1. The lowest BCUT2D eigenvalue weighted by Crippen LogP contribution is -2.23. The highest BCUT2D eigenvalue weighted by Crippen LogP contribution is 2.24. The molecule has 2 heteroatoms. The second-order valence-corrected chi connectivity index (χ2v) is 8.52. The summed E-state index contributed by atoms with van der Waals surface area (Å²) in [6.07, 6.45) is 10.1. The molecular formula is C26H35NO. The zero-order valence-electron chi connectivity index (χ0n) is 17.9. The Labute approximate surface area is 171 Å². The number of rotatable bonds is 4. The van der Waals surface area contributed by atoms with Gasteiger partial charge >= 0.3 is 0 Å². The monoisotopic (exact) mass is 377 g/mol. The van der Waals surface area contributed by atoms with Crippen molar-refractivity contribution >= 4 is 5.78 Å². The molecular weight excluding hydrogens is 342 g/mol. The van der Waals surface area contributed by atoms with E-state index in [9.17, 15) is 4.79 Å². The molecule has 2 aromatic rings. The summed E-state index contributed by atoms with van der Waals surface area (Å²) in [7, 11) is 3.95. The van der Waals surface area contributed by atoms with Crippen molar-refractivity contribution in [1.29, 1.82) is 0 Å². The van der Waals surface area contributed by atoms with Crippen molar-refractivity contribution in [2.45, 2.75) is 64.7 Å². The van der Waals surface area contributed by atoms with Gasteiger partial charge in [-0.2, -0.15) is 0 Å². The Morgan fingerprint density at radius 2 is 1.36 bits per heavy atom. The topological polar surface area (TPSA) is 20.3 Å². The molecule has 150 valence electrons. The Hall–Kier alpha value is -1.93. The summed E-state index contributed by atoms with van der Waals surface area (Å²) in [4.78, 5) is 14.9. The number of benzene rings is 2. The fraction of sp³-hybridized carbons (Fsp3) is 0.500. The minimum Gasteiger partial charge on any atom is -0.302 e. The SMILES string of the molecule is CCc1cc2c(C(=O)CN(C)C)cc1CCCCc1ccc(cc1)CCCC2. The van der Waals surface area contributed by atoms with Crippen molar-refractivity contribution in [2.75, 3.05) is 20.6 Å². The zero-order chi connectivity index (χ0) is 19.9. The van der Waals surface area contributed by atoms with Gasteiger partial charge in [0.05, 0.1) is 6.54 Å². The second kappa shape index (κ2) is 10.0. The lowest BCUT2D eigenvalue weighted by Gasteiger charge is -2.17. The van der Waals surface area contributed by atoms with Crippen LogP contribution in [-0.2, 0) is 32.1 Å². The van der Waals surface area contributed by atoms with Crippen LogP contribution in [0.1, 0.15) is 70.8 Å². The van der Waals surface area contributed by atoms with Crippen LogP contribution in [-0.4, -0.2) is 31.3 Å². The number of carbonyl (C=O) groups is 1. The number of ketones is 1. The maximum Gasteiger partial charge on any atom is 0.177 e. The summed E-state index contributed by atoms with van der Waals surface area (Å²) < 4.78 is 0. The minimum atomic E-state index is 0.264. The summed E-state index contributed by atoms with van der Waals surface area (Å²) in [5, 5.41) is 0. The van der Waals surface area contributed by atoms with Crippen molar-refractivity contribution in [2.24, 2.45) is 0 Å². The van der Waals surface area contributed by atoms with Crippen LogP contribution in [0.25, 0.3) is 0 Å². The van der Waals surface area contributed by atoms with E-state index in [0.717, 1.165) is 44.1 Å². The van der Waals surface area contributed by atoms with Crippen molar-refractivity contribution in [3.63, 3.8) is 0 Å². The Morgan fingerprint density at radius 1 is 0.821 bits per heavy atom. The highest BCUT2D eigenvalue weighted by Gasteiger charge is 2.16. The van der Waals surface area contributed by atoms with Crippen LogP contribution in [0.3, 0.4) is 0 Å². The molecule has 4 aliphatic carbocycles. The third kappa shape index (κ3) is 5.54. The lowest BCUT2D eigenvalue weighted by molar-refractivity contribution is 0.0956. The van der Waals surface area contributed by atoms with Crippen LogP contribution in [0.5, 0.6) is 0 Å². The van der Waals surface area contributed by atoms with E-state index in [-0.39, 0.29) is 5.78 Å². The number of aryl methyl sites for hydroxylation is 5. The number of Topliss-reactive ketones (excluding diaryl/α,β-unsaturated/α-hetero) is 1. The Morgan fingerprint density at radius 3 is 1.89 bits per heavy atom. The highest BCUT2D eigenvalue weighted by atomic mass is 16.1. The van der Waals surface area contributed by atoms with Crippen molar-refractivity contribution in [1.82, 2.24) is 4.90 Å². The van der Waals surface area contributed by atoms with Gasteiger partial charge in [0.15, 0.2) is 5.78 Å². The molecule has 0 radical (unpaired) electrons. The number of hydrogen-bond acceptors (Lipinski definition) is 2. The average molecular weight is 378 g/mol. The van der Waals surface area contributed by atoms with Gasteiger partial charge in [-0.05, 0) is 106 Å². The minimum absolute atomic E-state index is 0.264. The van der Waals surface area contributed by atoms with Gasteiger partial charge in [-0.3, -0.25) is 4.79 Å².